The summed E-state index contributed by atoms with van der Waals surface area (Å²) in [6, 6.07) is 4.20. The summed E-state index contributed by atoms with van der Waals surface area (Å²) >= 11 is 0. The van der Waals surface area contributed by atoms with Gasteiger partial charge in [0.2, 0.25) is 0 Å². The highest BCUT2D eigenvalue weighted by atomic mass is 15.3. The molecule has 132 valence electrons. The van der Waals surface area contributed by atoms with Gasteiger partial charge in [0.25, 0.3) is 0 Å². The van der Waals surface area contributed by atoms with Gasteiger partial charge in [-0.05, 0) is 48.9 Å². The maximum atomic E-state index is 4.50. The number of pyridine rings is 1. The van der Waals surface area contributed by atoms with Gasteiger partial charge in [-0.3, -0.25) is 4.90 Å². The van der Waals surface area contributed by atoms with Crippen LogP contribution >= 0.6 is 0 Å². The van der Waals surface area contributed by atoms with E-state index >= 15 is 0 Å². The average Bonchev–Trinajstić information content (AvgIpc) is 3.22. The number of hydrogen-bond donors (Lipinski definition) is 1. The second kappa shape index (κ2) is 6.96. The van der Waals surface area contributed by atoms with E-state index in [0.29, 0.717) is 11.8 Å². The number of rotatable bonds is 5. The third-order valence-electron chi connectivity index (χ3n) is 5.03. The highest BCUT2D eigenvalue weighted by molar-refractivity contribution is 5.80. The predicted molar refractivity (Wildman–Crippen MR) is 98.2 cm³/mol. The first-order valence-corrected chi connectivity index (χ1v) is 9.21. The van der Waals surface area contributed by atoms with Crippen LogP contribution in [0.5, 0.6) is 0 Å². The van der Waals surface area contributed by atoms with Gasteiger partial charge in [-0.2, -0.15) is 5.10 Å². The van der Waals surface area contributed by atoms with Gasteiger partial charge in [0, 0.05) is 30.9 Å². The Morgan fingerprint density at radius 3 is 3.12 bits per heavy atom. The van der Waals surface area contributed by atoms with Crippen molar-refractivity contribution in [2.45, 2.75) is 45.7 Å². The topological polar surface area (TPSA) is 62.6 Å². The lowest BCUT2D eigenvalue weighted by atomic mass is 9.90. The van der Waals surface area contributed by atoms with Gasteiger partial charge in [0.15, 0.2) is 0 Å². The second-order valence-electron chi connectivity index (χ2n) is 7.47. The fourth-order valence-corrected chi connectivity index (χ4v) is 3.88. The third kappa shape index (κ3) is 3.44. The van der Waals surface area contributed by atoms with Crippen molar-refractivity contribution in [1.82, 2.24) is 29.6 Å². The molecule has 4 rings (SSSR count). The fraction of sp³-hybridized carbons (Fsp3) is 0.526. The fourth-order valence-electron chi connectivity index (χ4n) is 3.88. The Hall–Kier alpha value is -2.21. The number of nitrogens with zero attached hydrogens (tertiary/aromatic N) is 5. The third-order valence-corrected chi connectivity index (χ3v) is 5.03. The van der Waals surface area contributed by atoms with Crippen molar-refractivity contribution >= 4 is 11.0 Å². The normalized spacial score (nSPS) is 19.1. The average molecular weight is 338 g/mol. The first-order chi connectivity index (χ1) is 12.2. The molecular formula is C19H26N6. The number of H-pyrrole nitrogens is 1. The summed E-state index contributed by atoms with van der Waals surface area (Å²) in [5.74, 6) is 2.20. The predicted octanol–water partition coefficient (Wildman–Crippen LogP) is 3.19. The molecular weight excluding hydrogens is 312 g/mol. The van der Waals surface area contributed by atoms with Crippen molar-refractivity contribution < 1.29 is 0 Å². The van der Waals surface area contributed by atoms with E-state index in [1.165, 1.54) is 23.8 Å². The Bertz CT molecular complexity index is 833. The van der Waals surface area contributed by atoms with Gasteiger partial charge in [-0.15, -0.1) is 0 Å². The van der Waals surface area contributed by atoms with Gasteiger partial charge < -0.3 is 4.98 Å². The van der Waals surface area contributed by atoms with Gasteiger partial charge in [0.1, 0.15) is 17.8 Å². The summed E-state index contributed by atoms with van der Waals surface area (Å²) in [4.78, 5) is 14.8. The SMILES string of the molecule is CC(C)Cn1ncnc1CN1CCC[C@H](c2c[nH]c3ncccc23)C1. The summed E-state index contributed by atoms with van der Waals surface area (Å²) < 4.78 is 2.06. The molecule has 0 amide bonds. The molecule has 0 bridgehead atoms. The molecule has 3 aromatic rings. The molecule has 1 atom stereocenters. The van der Waals surface area contributed by atoms with Crippen LogP contribution in [-0.4, -0.2) is 42.7 Å². The molecule has 0 aliphatic carbocycles. The van der Waals surface area contributed by atoms with Gasteiger partial charge in [-0.25, -0.2) is 14.6 Å². The summed E-state index contributed by atoms with van der Waals surface area (Å²) in [5.41, 5.74) is 2.39. The van der Waals surface area contributed by atoms with E-state index in [2.05, 4.69) is 55.7 Å². The zero-order valence-corrected chi connectivity index (χ0v) is 15.0. The van der Waals surface area contributed by atoms with Crippen LogP contribution in [0.4, 0.5) is 0 Å². The number of likely N-dealkylation sites (tertiary alicyclic amines) is 1. The molecule has 0 saturated carbocycles. The Morgan fingerprint density at radius 1 is 1.32 bits per heavy atom. The van der Waals surface area contributed by atoms with Crippen LogP contribution in [0.15, 0.2) is 30.9 Å². The van der Waals surface area contributed by atoms with Crippen LogP contribution in [0, 0.1) is 5.92 Å². The van der Waals surface area contributed by atoms with Crippen LogP contribution < -0.4 is 0 Å². The van der Waals surface area contributed by atoms with E-state index in [1.807, 2.05) is 12.3 Å². The molecule has 3 aromatic heterocycles. The Balaban J connectivity index is 1.49. The van der Waals surface area contributed by atoms with Crippen LogP contribution in [0.2, 0.25) is 0 Å². The highest BCUT2D eigenvalue weighted by Gasteiger charge is 2.24. The van der Waals surface area contributed by atoms with E-state index < -0.39 is 0 Å². The number of fused-ring (bicyclic) bond motifs is 1. The lowest BCUT2D eigenvalue weighted by Gasteiger charge is -2.32. The molecule has 1 fully saturated rings. The van der Waals surface area contributed by atoms with Crippen LogP contribution in [0.1, 0.15) is 44.0 Å². The standard InChI is InChI=1S/C19H26N6/c1-14(2)10-25-18(22-13-23-25)12-24-8-4-5-15(11-24)17-9-21-19-16(17)6-3-7-20-19/h3,6-7,9,13-15H,4-5,8,10-12H2,1-2H3,(H,20,21)/t15-/m0/s1. The lowest BCUT2D eigenvalue weighted by Crippen LogP contribution is -2.35. The molecule has 6 nitrogen and oxygen atoms in total. The van der Waals surface area contributed by atoms with Crippen molar-refractivity contribution in [3.05, 3.63) is 42.2 Å². The first kappa shape index (κ1) is 16.3. The van der Waals surface area contributed by atoms with Gasteiger partial charge in [0.05, 0.1) is 6.54 Å². The minimum atomic E-state index is 0.549. The number of aromatic amines is 1. The van der Waals surface area contributed by atoms with Gasteiger partial charge in [-0.1, -0.05) is 13.8 Å². The Morgan fingerprint density at radius 2 is 2.24 bits per heavy atom. The van der Waals surface area contributed by atoms with E-state index in [9.17, 15) is 0 Å². The summed E-state index contributed by atoms with van der Waals surface area (Å²) in [6.07, 6.45) is 8.13. The Kier molecular flexibility index (Phi) is 4.53. The maximum Gasteiger partial charge on any atom is 0.141 e. The second-order valence-corrected chi connectivity index (χ2v) is 7.47. The quantitative estimate of drug-likeness (QED) is 0.776. The van der Waals surface area contributed by atoms with Crippen LogP contribution in [-0.2, 0) is 13.1 Å². The molecule has 0 radical (unpaired) electrons. The first-order valence-electron chi connectivity index (χ1n) is 9.21. The zero-order chi connectivity index (χ0) is 17.2. The number of hydrogen-bond acceptors (Lipinski definition) is 4. The molecule has 1 N–H and O–H groups in total. The summed E-state index contributed by atoms with van der Waals surface area (Å²) in [6.45, 7) is 8.44. The molecule has 1 aliphatic heterocycles. The molecule has 4 heterocycles. The van der Waals surface area contributed by atoms with E-state index in [0.717, 1.165) is 37.7 Å². The minimum Gasteiger partial charge on any atom is -0.346 e. The largest absolute Gasteiger partial charge is 0.346 e. The van der Waals surface area contributed by atoms with Crippen LogP contribution in [0.3, 0.4) is 0 Å². The zero-order valence-electron chi connectivity index (χ0n) is 15.0. The lowest BCUT2D eigenvalue weighted by molar-refractivity contribution is 0.192. The summed E-state index contributed by atoms with van der Waals surface area (Å²) in [7, 11) is 0. The van der Waals surface area contributed by atoms with Crippen molar-refractivity contribution in [2.75, 3.05) is 13.1 Å². The molecule has 6 heteroatoms. The Labute approximate surface area is 148 Å². The monoisotopic (exact) mass is 338 g/mol. The molecule has 1 aliphatic rings. The maximum absolute atomic E-state index is 4.50. The highest BCUT2D eigenvalue weighted by Crippen LogP contribution is 2.31. The summed E-state index contributed by atoms with van der Waals surface area (Å²) in [5, 5.41) is 5.66. The van der Waals surface area contributed by atoms with Crippen LogP contribution in [0.25, 0.3) is 11.0 Å². The molecule has 25 heavy (non-hydrogen) atoms. The molecule has 0 unspecified atom stereocenters. The number of piperidine rings is 1. The van der Waals surface area contributed by atoms with Crippen molar-refractivity contribution in [3.8, 4) is 0 Å². The van der Waals surface area contributed by atoms with E-state index in [4.69, 9.17) is 0 Å². The van der Waals surface area contributed by atoms with Crippen molar-refractivity contribution in [1.29, 1.82) is 0 Å². The molecule has 0 spiro atoms. The van der Waals surface area contributed by atoms with E-state index in [1.54, 1.807) is 6.33 Å². The van der Waals surface area contributed by atoms with Crippen molar-refractivity contribution in [3.63, 3.8) is 0 Å². The minimum absolute atomic E-state index is 0.549. The van der Waals surface area contributed by atoms with E-state index in [-0.39, 0.29) is 0 Å². The molecule has 1 saturated heterocycles. The van der Waals surface area contributed by atoms with Gasteiger partial charge >= 0.3 is 0 Å². The smallest absolute Gasteiger partial charge is 0.141 e. The number of aromatic nitrogens is 5. The number of nitrogens with one attached hydrogen (secondary N) is 1. The molecule has 0 aromatic carbocycles. The van der Waals surface area contributed by atoms with Crippen molar-refractivity contribution in [2.24, 2.45) is 5.92 Å².